The van der Waals surface area contributed by atoms with Crippen molar-refractivity contribution in [1.82, 2.24) is 15.2 Å². The van der Waals surface area contributed by atoms with E-state index in [0.717, 1.165) is 11.3 Å². The lowest BCUT2D eigenvalue weighted by molar-refractivity contribution is -0.122. The number of pyridine rings is 1. The first-order chi connectivity index (χ1) is 12.9. The highest BCUT2D eigenvalue weighted by Crippen LogP contribution is 2.26. The molecule has 0 aliphatic heterocycles. The van der Waals surface area contributed by atoms with Gasteiger partial charge in [0.05, 0.1) is 0 Å². The molecule has 1 amide bonds. The van der Waals surface area contributed by atoms with Crippen molar-refractivity contribution in [3.63, 3.8) is 0 Å². The molecule has 140 valence electrons. The number of anilines is 1. The largest absolute Gasteiger partial charge is 0.481 e. The molecular weight excluding hydrogens is 360 g/mol. The summed E-state index contributed by atoms with van der Waals surface area (Å²) in [5.41, 5.74) is 3.15. The van der Waals surface area contributed by atoms with Crippen LogP contribution in [0.25, 0.3) is 10.7 Å². The summed E-state index contributed by atoms with van der Waals surface area (Å²) < 4.78 is 5.79. The summed E-state index contributed by atoms with van der Waals surface area (Å²) in [5.74, 6) is 0.848. The van der Waals surface area contributed by atoms with E-state index in [-0.39, 0.29) is 5.91 Å². The first-order valence-corrected chi connectivity index (χ1v) is 9.58. The third kappa shape index (κ3) is 4.68. The van der Waals surface area contributed by atoms with E-state index in [0.29, 0.717) is 21.8 Å². The van der Waals surface area contributed by atoms with Crippen LogP contribution >= 0.6 is 11.3 Å². The Bertz CT molecular complexity index is 925. The zero-order chi connectivity index (χ0) is 19.4. The molecule has 0 aliphatic carbocycles. The highest BCUT2D eigenvalue weighted by atomic mass is 32.1. The molecule has 0 bridgehead atoms. The highest BCUT2D eigenvalue weighted by molar-refractivity contribution is 7.18. The minimum Gasteiger partial charge on any atom is -0.481 e. The van der Waals surface area contributed by atoms with Crippen LogP contribution in [0.15, 0.2) is 42.6 Å². The number of rotatable bonds is 6. The maximum atomic E-state index is 12.4. The van der Waals surface area contributed by atoms with E-state index in [1.165, 1.54) is 16.9 Å². The number of nitrogens with one attached hydrogen (secondary N) is 1. The summed E-state index contributed by atoms with van der Waals surface area (Å²) in [6.45, 7) is 8.06. The molecule has 1 unspecified atom stereocenters. The Kier molecular flexibility index (Phi) is 5.81. The first kappa shape index (κ1) is 19.0. The SMILES string of the molecule is Cc1cc(OC(C)C(=O)Nc2nnc(-c3ccccn3)s2)ccc1C(C)C. The van der Waals surface area contributed by atoms with Crippen LogP contribution in [0, 0.1) is 6.92 Å². The molecule has 3 aromatic rings. The molecule has 0 spiro atoms. The van der Waals surface area contributed by atoms with Crippen LogP contribution in [0.4, 0.5) is 5.13 Å². The number of benzene rings is 1. The van der Waals surface area contributed by atoms with Gasteiger partial charge in [0.15, 0.2) is 11.1 Å². The summed E-state index contributed by atoms with van der Waals surface area (Å²) >= 11 is 1.27. The van der Waals surface area contributed by atoms with E-state index >= 15 is 0 Å². The van der Waals surface area contributed by atoms with Gasteiger partial charge in [0, 0.05) is 6.20 Å². The van der Waals surface area contributed by atoms with Crippen LogP contribution in [-0.4, -0.2) is 27.2 Å². The van der Waals surface area contributed by atoms with Crippen molar-refractivity contribution >= 4 is 22.4 Å². The van der Waals surface area contributed by atoms with Gasteiger partial charge in [-0.2, -0.15) is 0 Å². The van der Waals surface area contributed by atoms with Gasteiger partial charge < -0.3 is 4.74 Å². The Hall–Kier alpha value is -2.80. The molecule has 2 aromatic heterocycles. The number of hydrogen-bond acceptors (Lipinski definition) is 6. The predicted octanol–water partition coefficient (Wildman–Crippen LogP) is 4.44. The fraction of sp³-hybridized carbons (Fsp3) is 0.300. The van der Waals surface area contributed by atoms with E-state index in [9.17, 15) is 4.79 Å². The summed E-state index contributed by atoms with van der Waals surface area (Å²) in [7, 11) is 0. The Labute approximate surface area is 162 Å². The van der Waals surface area contributed by atoms with Gasteiger partial charge in [0.2, 0.25) is 5.13 Å². The Balaban J connectivity index is 1.63. The minimum absolute atomic E-state index is 0.274. The number of aryl methyl sites for hydroxylation is 1. The van der Waals surface area contributed by atoms with Crippen LogP contribution in [0.3, 0.4) is 0 Å². The second-order valence-electron chi connectivity index (χ2n) is 6.55. The van der Waals surface area contributed by atoms with Gasteiger partial charge in [-0.3, -0.25) is 15.1 Å². The molecule has 0 fully saturated rings. The zero-order valence-electron chi connectivity index (χ0n) is 15.8. The van der Waals surface area contributed by atoms with Crippen LogP contribution in [0.1, 0.15) is 37.8 Å². The van der Waals surface area contributed by atoms with Gasteiger partial charge in [-0.25, -0.2) is 0 Å². The summed E-state index contributed by atoms with van der Waals surface area (Å²) in [6, 6.07) is 11.5. The number of carbonyl (C=O) groups is 1. The molecule has 3 rings (SSSR count). The maximum Gasteiger partial charge on any atom is 0.266 e. The number of carbonyl (C=O) groups excluding carboxylic acids is 1. The van der Waals surface area contributed by atoms with Crippen LogP contribution in [-0.2, 0) is 4.79 Å². The van der Waals surface area contributed by atoms with Crippen molar-refractivity contribution < 1.29 is 9.53 Å². The van der Waals surface area contributed by atoms with E-state index in [4.69, 9.17) is 4.74 Å². The lowest BCUT2D eigenvalue weighted by Gasteiger charge is -2.16. The average molecular weight is 382 g/mol. The van der Waals surface area contributed by atoms with Crippen molar-refractivity contribution in [3.8, 4) is 16.5 Å². The monoisotopic (exact) mass is 382 g/mol. The zero-order valence-corrected chi connectivity index (χ0v) is 16.6. The Morgan fingerprint density at radius 1 is 1.15 bits per heavy atom. The smallest absolute Gasteiger partial charge is 0.266 e. The van der Waals surface area contributed by atoms with E-state index in [2.05, 4.69) is 34.3 Å². The van der Waals surface area contributed by atoms with Gasteiger partial charge in [0.1, 0.15) is 11.4 Å². The molecule has 0 saturated carbocycles. The fourth-order valence-corrected chi connectivity index (χ4v) is 3.42. The summed E-state index contributed by atoms with van der Waals surface area (Å²) in [6.07, 6.45) is 1.04. The molecule has 1 atom stereocenters. The summed E-state index contributed by atoms with van der Waals surface area (Å²) in [5, 5.41) is 11.9. The molecule has 6 nitrogen and oxygen atoms in total. The van der Waals surface area contributed by atoms with Crippen LogP contribution in [0.2, 0.25) is 0 Å². The van der Waals surface area contributed by atoms with Gasteiger partial charge in [0.25, 0.3) is 5.91 Å². The summed E-state index contributed by atoms with van der Waals surface area (Å²) in [4.78, 5) is 16.6. The maximum absolute atomic E-state index is 12.4. The molecule has 27 heavy (non-hydrogen) atoms. The number of hydrogen-bond donors (Lipinski definition) is 1. The second-order valence-corrected chi connectivity index (χ2v) is 7.53. The standard InChI is InChI=1S/C20H22N4O2S/c1-12(2)16-9-8-15(11-13(16)3)26-14(4)18(25)22-20-24-23-19(27-20)17-7-5-6-10-21-17/h5-12,14H,1-4H3,(H,22,24,25). The second kappa shape index (κ2) is 8.26. The number of amides is 1. The predicted molar refractivity (Wildman–Crippen MR) is 107 cm³/mol. The molecular formula is C20H22N4O2S. The van der Waals surface area contributed by atoms with E-state index < -0.39 is 6.10 Å². The molecule has 0 aliphatic rings. The Morgan fingerprint density at radius 3 is 2.63 bits per heavy atom. The molecule has 0 saturated heterocycles. The van der Waals surface area contributed by atoms with Gasteiger partial charge in [-0.15, -0.1) is 10.2 Å². The van der Waals surface area contributed by atoms with Gasteiger partial charge in [-0.1, -0.05) is 37.3 Å². The highest BCUT2D eigenvalue weighted by Gasteiger charge is 2.18. The topological polar surface area (TPSA) is 77.0 Å². The van der Waals surface area contributed by atoms with Crippen molar-refractivity contribution in [2.24, 2.45) is 0 Å². The molecule has 1 N–H and O–H groups in total. The number of nitrogens with zero attached hydrogens (tertiary/aromatic N) is 3. The van der Waals surface area contributed by atoms with Gasteiger partial charge >= 0.3 is 0 Å². The molecule has 2 heterocycles. The lowest BCUT2D eigenvalue weighted by Crippen LogP contribution is -2.30. The quantitative estimate of drug-likeness (QED) is 0.682. The van der Waals surface area contributed by atoms with Crippen molar-refractivity contribution in [2.45, 2.75) is 39.7 Å². The molecule has 0 radical (unpaired) electrons. The van der Waals surface area contributed by atoms with Crippen molar-refractivity contribution in [1.29, 1.82) is 0 Å². The van der Waals surface area contributed by atoms with Crippen molar-refractivity contribution in [2.75, 3.05) is 5.32 Å². The van der Waals surface area contributed by atoms with Crippen LogP contribution < -0.4 is 10.1 Å². The third-order valence-corrected chi connectivity index (χ3v) is 4.95. The van der Waals surface area contributed by atoms with Gasteiger partial charge in [-0.05, 0) is 55.2 Å². The van der Waals surface area contributed by atoms with Crippen LogP contribution in [0.5, 0.6) is 5.75 Å². The number of aromatic nitrogens is 3. The van der Waals surface area contributed by atoms with E-state index in [1.54, 1.807) is 13.1 Å². The number of ether oxygens (including phenoxy) is 1. The average Bonchev–Trinajstić information content (AvgIpc) is 3.10. The third-order valence-electron chi connectivity index (χ3n) is 4.08. The Morgan fingerprint density at radius 2 is 1.96 bits per heavy atom. The minimum atomic E-state index is -0.656. The van der Waals surface area contributed by atoms with Crippen molar-refractivity contribution in [3.05, 3.63) is 53.7 Å². The molecule has 1 aromatic carbocycles. The first-order valence-electron chi connectivity index (χ1n) is 8.77. The molecule has 7 heteroatoms. The van der Waals surface area contributed by atoms with E-state index in [1.807, 2.05) is 43.3 Å². The normalized spacial score (nSPS) is 12.0. The lowest BCUT2D eigenvalue weighted by atomic mass is 9.98. The fourth-order valence-electron chi connectivity index (χ4n) is 2.70.